The van der Waals surface area contributed by atoms with Crippen LogP contribution in [0.2, 0.25) is 0 Å². The minimum atomic E-state index is -0.796. The van der Waals surface area contributed by atoms with Crippen LogP contribution in [0.15, 0.2) is 121 Å². The number of nitriles is 1. The van der Waals surface area contributed by atoms with Gasteiger partial charge in [0.1, 0.15) is 11.9 Å². The van der Waals surface area contributed by atoms with Crippen molar-refractivity contribution in [1.29, 1.82) is 5.26 Å². The molecule has 3 nitrogen and oxygen atoms in total. The van der Waals surface area contributed by atoms with Crippen LogP contribution in [0.4, 0.5) is 27.1 Å². The van der Waals surface area contributed by atoms with Crippen molar-refractivity contribution in [2.75, 3.05) is 4.90 Å². The van der Waals surface area contributed by atoms with E-state index < -0.39 is 5.82 Å². The Hall–Kier alpha value is 5.81. The van der Waals surface area contributed by atoms with Crippen LogP contribution in [0.3, 0.4) is 0 Å². The van der Waals surface area contributed by atoms with Crippen molar-refractivity contribution in [3.63, 3.8) is 0 Å². The van der Waals surface area contributed by atoms with E-state index in [0.717, 1.165) is 33.6 Å². The first-order chi connectivity index (χ1) is 42.6. The Morgan fingerprint density at radius 2 is 0.535 bits per heavy atom. The van der Waals surface area contributed by atoms with Gasteiger partial charge in [-0.05, 0) is 58.7 Å². The first kappa shape index (κ1) is 84.2. The Balaban J connectivity index is 0.000000385. The molecule has 0 atom stereocenters. The molecule has 5 aromatic rings. The van der Waals surface area contributed by atoms with Gasteiger partial charge in [0.2, 0.25) is 5.69 Å². The minimum absolute atomic E-state index is 0.162. The summed E-state index contributed by atoms with van der Waals surface area (Å²) in [6, 6.07) is 41.1. The maximum atomic E-state index is 14.5. The molecule has 54 heteroatoms. The zero-order valence-corrected chi connectivity index (χ0v) is 80.5. The summed E-state index contributed by atoms with van der Waals surface area (Å²) in [5, 5.41) is 9.50. The highest BCUT2D eigenvalue weighted by molar-refractivity contribution is 8.82. The third kappa shape index (κ3) is 42.7. The fraction of sp³-hybridized carbons (Fsp3) is 0. The molecule has 0 aliphatic rings. The molecule has 0 spiro atoms. The van der Waals surface area contributed by atoms with Crippen molar-refractivity contribution in [3.8, 4) is 28.3 Å². The number of benzene rings is 5. The molecule has 0 N–H and O–H groups in total. The quantitative estimate of drug-likeness (QED) is 0.165. The van der Waals surface area contributed by atoms with Crippen molar-refractivity contribution in [1.82, 2.24) is 0 Å². The predicted molar refractivity (Wildman–Crippen MR) is 511 cm³/mol. The SMILES string of the molecule is S=S=S=S=S=S=S=S=S=S=S=S=S=S=S=S=S=S=S=S=S=S=S=S=S=S=S=S=S=S=S=S=S=S=S=S=S=S=S=S=S=S=S=S=S=S=S=S=S=S.[C-]#[N+]c1cc(N(c2ccc(-c3ccccc3)cc2)c2ccc(-c3ccccc3)cc2)cc(C#N)c1F. The van der Waals surface area contributed by atoms with Crippen LogP contribution >= 0.6 is 0 Å². The first-order valence-corrected chi connectivity index (χ1v) is 84.9. The summed E-state index contributed by atoms with van der Waals surface area (Å²) >= 11 is 9.62. The number of nitrogens with zero attached hydrogens (tertiary/aromatic N) is 3. The fourth-order valence-electron chi connectivity index (χ4n) is 4.72. The summed E-state index contributed by atoms with van der Waals surface area (Å²) in [6.07, 6.45) is 0. The van der Waals surface area contributed by atoms with Gasteiger partial charge in [-0.25, -0.2) is 9.24 Å². The molecule has 0 saturated carbocycles. The second kappa shape index (κ2) is 61.9. The van der Waals surface area contributed by atoms with Gasteiger partial charge in [0.15, 0.2) is 0 Å². The minimum Gasteiger partial charge on any atom is -0.312 e. The smallest absolute Gasteiger partial charge is 0.225 e. The van der Waals surface area contributed by atoms with E-state index in [9.17, 15) is 9.65 Å². The van der Waals surface area contributed by atoms with Crippen molar-refractivity contribution in [2.24, 2.45) is 0 Å². The predicted octanol–water partition coefficient (Wildman–Crippen LogP) is 8.93. The van der Waals surface area contributed by atoms with Crippen molar-refractivity contribution in [3.05, 3.63) is 144 Å². The molecule has 86 heavy (non-hydrogen) atoms. The topological polar surface area (TPSA) is 31.4 Å². The number of anilines is 3. The molecular weight excluding hydrogens is 2050 g/mol. The van der Waals surface area contributed by atoms with Crippen LogP contribution in [-0.2, 0) is 449 Å². The van der Waals surface area contributed by atoms with Gasteiger partial charge >= 0.3 is 0 Å². The van der Waals surface area contributed by atoms with Gasteiger partial charge in [0, 0.05) is 466 Å². The third-order valence-electron chi connectivity index (χ3n) is 7.31. The van der Waals surface area contributed by atoms with Crippen molar-refractivity contribution < 1.29 is 4.39 Å². The van der Waals surface area contributed by atoms with Crippen LogP contribution in [0.25, 0.3) is 27.1 Å². The molecule has 0 aliphatic carbocycles. The zero-order valence-electron chi connectivity index (χ0n) is 39.7. The molecular formula is C32H20FN3S50. The lowest BCUT2D eigenvalue weighted by Crippen LogP contribution is -2.10. The molecule has 0 amide bonds. The van der Waals surface area contributed by atoms with E-state index in [0.29, 0.717) is 5.69 Å². The number of hydrogen-bond acceptors (Lipinski definition) is 4. The lowest BCUT2D eigenvalue weighted by atomic mass is 10.0. The van der Waals surface area contributed by atoms with E-state index in [1.54, 1.807) is 107 Å². The molecule has 0 fully saturated rings. The average Bonchev–Trinajstić information content (AvgIpc) is 1.29. The Bertz CT molecular complexity index is 5410. The van der Waals surface area contributed by atoms with E-state index in [-0.39, 0.29) is 11.3 Å². The number of halogens is 1. The van der Waals surface area contributed by atoms with Crippen molar-refractivity contribution >= 4 is 471 Å². The van der Waals surface area contributed by atoms with E-state index in [1.807, 2.05) is 398 Å². The largest absolute Gasteiger partial charge is 0.312 e. The Labute approximate surface area is 643 Å². The molecule has 470 valence electrons. The van der Waals surface area contributed by atoms with E-state index in [2.05, 4.69) is 29.1 Å². The Kier molecular flexibility index (Phi) is 60.6. The van der Waals surface area contributed by atoms with Crippen LogP contribution < -0.4 is 4.90 Å². The maximum absolute atomic E-state index is 14.5. The lowest BCUT2D eigenvalue weighted by Gasteiger charge is -2.26. The molecule has 0 aliphatic heterocycles. The van der Waals surface area contributed by atoms with Gasteiger partial charge in [0.05, 0.1) is 12.1 Å². The molecule has 0 heterocycles. The highest BCUT2D eigenvalue weighted by Gasteiger charge is 2.18. The second-order valence-corrected chi connectivity index (χ2v) is 96.4. The zero-order chi connectivity index (χ0) is 60.8. The summed E-state index contributed by atoms with van der Waals surface area (Å²) in [4.78, 5) is 5.24. The number of rotatable bonds is 5. The first-order valence-electron chi connectivity index (χ1n) is 19.6. The maximum Gasteiger partial charge on any atom is 0.225 e. The number of hydrogen-bond donors (Lipinski definition) is 0. The summed E-state index contributed by atoms with van der Waals surface area (Å²) in [7, 11) is 85.7. The average molecular weight is 2070 g/mol. The van der Waals surface area contributed by atoms with Gasteiger partial charge in [-0.15, -0.1) is 0 Å². The highest BCUT2D eigenvalue weighted by Crippen LogP contribution is 2.39. The Morgan fingerprint density at radius 3 is 0.744 bits per heavy atom. The fourth-order valence-corrected chi connectivity index (χ4v) is 131. The molecule has 5 rings (SSSR count). The monoisotopic (exact) mass is 2060 g/mol. The Morgan fingerprint density at radius 1 is 0.314 bits per heavy atom. The highest BCUT2D eigenvalue weighted by atomic mass is 33.5. The van der Waals surface area contributed by atoms with Gasteiger partial charge in [-0.1, -0.05) is 84.9 Å². The van der Waals surface area contributed by atoms with Crippen molar-refractivity contribution in [2.45, 2.75) is 0 Å². The summed E-state index contributed by atoms with van der Waals surface area (Å²) in [5.41, 5.74) is 6.19. The van der Waals surface area contributed by atoms with Crippen LogP contribution in [0.1, 0.15) is 5.56 Å². The van der Waals surface area contributed by atoms with E-state index >= 15 is 0 Å². The van der Waals surface area contributed by atoms with E-state index in [1.165, 1.54) is 29.9 Å². The lowest BCUT2D eigenvalue weighted by molar-refractivity contribution is 0.630. The summed E-state index contributed by atoms with van der Waals surface area (Å²) in [6.45, 7) is 7.41. The molecule has 0 bridgehead atoms. The molecule has 0 aromatic heterocycles. The summed E-state index contributed by atoms with van der Waals surface area (Å²) in [5.74, 6) is -0.796. The van der Waals surface area contributed by atoms with Crippen LogP contribution in [0.5, 0.6) is 0 Å². The van der Waals surface area contributed by atoms with Crippen LogP contribution in [0, 0.1) is 23.7 Å². The van der Waals surface area contributed by atoms with Crippen LogP contribution in [-0.4, -0.2) is 0 Å². The molecule has 0 unspecified atom stereocenters. The van der Waals surface area contributed by atoms with E-state index in [4.69, 9.17) is 28.9 Å². The van der Waals surface area contributed by atoms with Gasteiger partial charge in [-0.2, -0.15) is 5.26 Å². The standard InChI is InChI=1S/C32H20FN3.S50/c1-35-31-21-30(20-27(22-34)32(31)33)36(28-16-12-25(13-17-28)23-8-4-2-5-9-23)29-18-14-26(15-19-29)24-10-6-3-7-11-24;1-3-5-7-9-11-13-15-17-19-21-23-25-27-29-31-33-35-37-39-41-43-45-47-49-50-48-46-44-42-40-38-36-34-32-30-28-26-24-22-20-18-16-14-12-10-8-6-4-2/h2-21H;. The van der Waals surface area contributed by atoms with Gasteiger partial charge in [-0.3, -0.25) is 0 Å². The normalized spacial score (nSPS) is 8.83. The third-order valence-corrected chi connectivity index (χ3v) is 112. The molecule has 0 radical (unpaired) electrons. The van der Waals surface area contributed by atoms with Gasteiger partial charge < -0.3 is 4.90 Å². The summed E-state index contributed by atoms with van der Waals surface area (Å²) < 4.78 is 14.5. The molecule has 5 aromatic carbocycles. The van der Waals surface area contributed by atoms with Gasteiger partial charge in [0.25, 0.3) is 0 Å². The second-order valence-electron chi connectivity index (χ2n) is 11.5. The molecule has 0 saturated heterocycles.